The molecule has 1 fully saturated rings. The van der Waals surface area contributed by atoms with Crippen molar-refractivity contribution in [3.05, 3.63) is 36.0 Å². The highest BCUT2D eigenvalue weighted by Crippen LogP contribution is 2.45. The highest BCUT2D eigenvalue weighted by molar-refractivity contribution is 7.58. The third-order valence-electron chi connectivity index (χ3n) is 7.03. The number of aromatic nitrogens is 1. The van der Waals surface area contributed by atoms with Crippen molar-refractivity contribution < 1.29 is 24.2 Å². The Labute approximate surface area is 213 Å². The molecule has 1 aromatic carbocycles. The molecule has 0 spiro atoms. The molecule has 1 heterocycles. The third kappa shape index (κ3) is 8.17. The average molecular weight is 521 g/mol. The normalized spacial score (nSPS) is 18.9. The molecule has 2 amide bonds. The Hall–Kier alpha value is -2.19. The molecule has 0 aliphatic heterocycles. The summed E-state index contributed by atoms with van der Waals surface area (Å²) >= 11 is 0. The van der Waals surface area contributed by atoms with Gasteiger partial charge in [-0.15, -0.1) is 0 Å². The van der Waals surface area contributed by atoms with Crippen LogP contribution in [0.25, 0.3) is 10.9 Å². The van der Waals surface area contributed by atoms with E-state index in [-0.39, 0.29) is 37.1 Å². The first-order valence-electron chi connectivity index (χ1n) is 12.9. The number of hydrogen-bond acceptors (Lipinski definition) is 5. The zero-order chi connectivity index (χ0) is 26.3. The molecule has 9 nitrogen and oxygen atoms in total. The van der Waals surface area contributed by atoms with Gasteiger partial charge in [0.25, 0.3) is 0 Å². The zero-order valence-corrected chi connectivity index (χ0v) is 22.2. The van der Waals surface area contributed by atoms with E-state index in [9.17, 15) is 24.2 Å². The largest absolute Gasteiger partial charge is 0.391 e. The van der Waals surface area contributed by atoms with E-state index in [1.165, 1.54) is 6.42 Å². The van der Waals surface area contributed by atoms with Gasteiger partial charge in [-0.2, -0.15) is 0 Å². The number of H-pyrrole nitrogens is 1. The van der Waals surface area contributed by atoms with Crippen molar-refractivity contribution in [3.8, 4) is 0 Å². The maximum atomic E-state index is 13.1. The number of fused-ring (bicyclic) bond motifs is 1. The summed E-state index contributed by atoms with van der Waals surface area (Å²) in [6.45, 7) is 3.48. The minimum atomic E-state index is -3.51. The van der Waals surface area contributed by atoms with Crippen LogP contribution < -0.4 is 16.4 Å². The highest BCUT2D eigenvalue weighted by Gasteiger charge is 2.30. The quantitative estimate of drug-likeness (QED) is 0.236. The topological polar surface area (TPSA) is 158 Å². The second-order valence-electron chi connectivity index (χ2n) is 10.5. The van der Waals surface area contributed by atoms with Crippen LogP contribution in [0.3, 0.4) is 0 Å². The fourth-order valence-corrected chi connectivity index (χ4v) is 6.99. The maximum Gasteiger partial charge on any atom is 0.243 e. The molecule has 4 atom stereocenters. The van der Waals surface area contributed by atoms with E-state index in [1.54, 1.807) is 0 Å². The fourth-order valence-electron chi connectivity index (χ4n) is 4.88. The smallest absolute Gasteiger partial charge is 0.243 e. The van der Waals surface area contributed by atoms with Crippen LogP contribution in [0.2, 0.25) is 0 Å². The lowest BCUT2D eigenvalue weighted by Gasteiger charge is -2.25. The van der Waals surface area contributed by atoms with Crippen molar-refractivity contribution in [2.75, 3.05) is 18.9 Å². The second kappa shape index (κ2) is 12.9. The molecule has 10 heteroatoms. The summed E-state index contributed by atoms with van der Waals surface area (Å²) in [7, 11) is -3.51. The van der Waals surface area contributed by atoms with E-state index in [0.717, 1.165) is 42.1 Å². The molecule has 0 saturated heterocycles. The molecule has 36 heavy (non-hydrogen) atoms. The number of hydrogen-bond donors (Lipinski definition) is 6. The first-order valence-corrected chi connectivity index (χ1v) is 15.0. The molecule has 0 bridgehead atoms. The van der Waals surface area contributed by atoms with Crippen LogP contribution in [0, 0.1) is 11.8 Å². The average Bonchev–Trinajstić information content (AvgIpc) is 3.24. The number of rotatable bonds is 12. The van der Waals surface area contributed by atoms with Crippen LogP contribution in [0.4, 0.5) is 0 Å². The van der Waals surface area contributed by atoms with Crippen LogP contribution >= 0.6 is 7.37 Å². The Morgan fingerprint density at radius 3 is 2.56 bits per heavy atom. The number of aromatic amines is 1. The first-order chi connectivity index (χ1) is 17.1. The van der Waals surface area contributed by atoms with Crippen molar-refractivity contribution in [3.63, 3.8) is 0 Å². The van der Waals surface area contributed by atoms with Crippen molar-refractivity contribution in [2.24, 2.45) is 17.6 Å². The molecule has 1 unspecified atom stereocenters. The van der Waals surface area contributed by atoms with Crippen molar-refractivity contribution >= 4 is 30.1 Å². The monoisotopic (exact) mass is 520 g/mol. The van der Waals surface area contributed by atoms with E-state index in [4.69, 9.17) is 5.73 Å². The van der Waals surface area contributed by atoms with E-state index < -0.39 is 37.4 Å². The molecule has 1 aromatic heterocycles. The summed E-state index contributed by atoms with van der Waals surface area (Å²) in [6.07, 6.45) is 6.04. The number of carbonyl (C=O) groups is 2. The maximum absolute atomic E-state index is 13.1. The van der Waals surface area contributed by atoms with E-state index in [2.05, 4.69) is 15.6 Å². The van der Waals surface area contributed by atoms with Gasteiger partial charge in [0.2, 0.25) is 19.2 Å². The molecule has 200 valence electrons. The van der Waals surface area contributed by atoms with Crippen molar-refractivity contribution in [1.82, 2.24) is 15.6 Å². The first kappa shape index (κ1) is 28.4. The van der Waals surface area contributed by atoms with Gasteiger partial charge >= 0.3 is 0 Å². The van der Waals surface area contributed by atoms with Crippen LogP contribution in [0.5, 0.6) is 0 Å². The van der Waals surface area contributed by atoms with Gasteiger partial charge in [0.15, 0.2) is 0 Å². The lowest BCUT2D eigenvalue weighted by molar-refractivity contribution is -0.130. The van der Waals surface area contributed by atoms with Gasteiger partial charge in [-0.25, -0.2) is 0 Å². The number of aliphatic hydroxyl groups is 1. The van der Waals surface area contributed by atoms with Crippen LogP contribution in [0.15, 0.2) is 30.5 Å². The molecular formula is C26H41N4O5P. The van der Waals surface area contributed by atoms with Crippen molar-refractivity contribution in [2.45, 2.75) is 70.6 Å². The highest BCUT2D eigenvalue weighted by atomic mass is 31.2. The Morgan fingerprint density at radius 1 is 1.17 bits per heavy atom. The third-order valence-corrected chi connectivity index (χ3v) is 9.11. The second-order valence-corrected chi connectivity index (χ2v) is 12.9. The number of para-hydroxylation sites is 1. The molecule has 2 aromatic rings. The van der Waals surface area contributed by atoms with Gasteiger partial charge in [0.1, 0.15) is 6.04 Å². The minimum absolute atomic E-state index is 0.105. The van der Waals surface area contributed by atoms with E-state index in [1.807, 2.05) is 44.3 Å². The molecular weight excluding hydrogens is 479 g/mol. The lowest BCUT2D eigenvalue weighted by atomic mass is 9.91. The zero-order valence-electron chi connectivity index (χ0n) is 21.3. The van der Waals surface area contributed by atoms with E-state index >= 15 is 0 Å². The number of nitrogens with one attached hydrogen (secondary N) is 3. The van der Waals surface area contributed by atoms with Gasteiger partial charge in [-0.05, 0) is 36.3 Å². The fraction of sp³-hybridized carbons (Fsp3) is 0.615. The predicted molar refractivity (Wildman–Crippen MR) is 142 cm³/mol. The Balaban J connectivity index is 1.62. The number of nitrogens with two attached hydrogens (primary N) is 1. The molecule has 7 N–H and O–H groups in total. The van der Waals surface area contributed by atoms with E-state index in [0.29, 0.717) is 0 Å². The summed E-state index contributed by atoms with van der Waals surface area (Å²) in [5.74, 6) is -0.801. The molecule has 1 aliphatic carbocycles. The SMILES string of the molecule is CC(C)[C@H](N)C(=O)N[C@@H](Cc1c[nH]c2ccccc12)C(=O)NC[C@@H](O)CP(=O)(O)CC1CCCCC1. The van der Waals surface area contributed by atoms with Crippen LogP contribution in [-0.4, -0.2) is 63.9 Å². The minimum Gasteiger partial charge on any atom is -0.391 e. The van der Waals surface area contributed by atoms with Crippen LogP contribution in [-0.2, 0) is 20.6 Å². The summed E-state index contributed by atoms with van der Waals surface area (Å²) in [4.78, 5) is 39.4. The van der Waals surface area contributed by atoms with Crippen LogP contribution in [0.1, 0.15) is 51.5 Å². The number of aliphatic hydroxyl groups excluding tert-OH is 1. The standard InChI is InChI=1S/C26H41N4O5P/c1-17(2)24(27)26(33)30-23(12-19-13-28-22-11-7-6-10-21(19)22)25(32)29-14-20(31)16-36(34,35)15-18-8-4-3-5-9-18/h6-7,10-11,13,17-18,20,23-24,28,31H,3-5,8-9,12,14-16,27H2,1-2H3,(H,29,32)(H,30,33)(H,34,35)/t20-,23+,24+/m1/s1. The van der Waals surface area contributed by atoms with Gasteiger partial charge < -0.3 is 31.4 Å². The molecule has 1 aliphatic rings. The molecule has 3 rings (SSSR count). The summed E-state index contributed by atoms with van der Waals surface area (Å²) in [6, 6.07) is 5.99. The Morgan fingerprint density at radius 2 is 1.86 bits per heavy atom. The van der Waals surface area contributed by atoms with Gasteiger partial charge in [-0.3, -0.25) is 14.2 Å². The molecule has 1 saturated carbocycles. The molecule has 0 radical (unpaired) electrons. The lowest BCUT2D eigenvalue weighted by Crippen LogP contribution is -2.54. The summed E-state index contributed by atoms with van der Waals surface area (Å²) in [5.41, 5.74) is 7.77. The Kier molecular flexibility index (Phi) is 10.1. The Bertz CT molecular complexity index is 1070. The van der Waals surface area contributed by atoms with Gasteiger partial charge in [-0.1, -0.05) is 51.3 Å². The van der Waals surface area contributed by atoms with Crippen molar-refractivity contribution in [1.29, 1.82) is 0 Å². The van der Waals surface area contributed by atoms with Gasteiger partial charge in [0, 0.05) is 36.2 Å². The number of amides is 2. The summed E-state index contributed by atoms with van der Waals surface area (Å²) < 4.78 is 12.7. The predicted octanol–water partition coefficient (Wildman–Crippen LogP) is 2.51. The summed E-state index contributed by atoms with van der Waals surface area (Å²) in [5, 5.41) is 16.8. The number of carbonyl (C=O) groups excluding carboxylic acids is 2. The number of benzene rings is 1. The van der Waals surface area contributed by atoms with Gasteiger partial charge in [0.05, 0.1) is 18.3 Å².